The van der Waals surface area contributed by atoms with E-state index in [4.69, 9.17) is 4.84 Å². The molecule has 2 nitrogen and oxygen atoms in total. The SMILES string of the molecule is CONc1cc(F)cc(CSC)c1. The summed E-state index contributed by atoms with van der Waals surface area (Å²) in [7, 11) is 1.50. The summed E-state index contributed by atoms with van der Waals surface area (Å²) >= 11 is 1.65. The molecule has 0 unspecified atom stereocenters. The highest BCUT2D eigenvalue weighted by Crippen LogP contribution is 2.17. The molecule has 0 bridgehead atoms. The Balaban J connectivity index is 2.83. The lowest BCUT2D eigenvalue weighted by atomic mass is 10.2. The maximum atomic E-state index is 13.0. The summed E-state index contributed by atoms with van der Waals surface area (Å²) in [5.41, 5.74) is 4.19. The fourth-order valence-corrected chi connectivity index (χ4v) is 1.58. The minimum absolute atomic E-state index is 0.244. The number of hydrogen-bond acceptors (Lipinski definition) is 3. The van der Waals surface area contributed by atoms with E-state index in [1.54, 1.807) is 11.8 Å². The lowest BCUT2D eigenvalue weighted by Gasteiger charge is -2.05. The highest BCUT2D eigenvalue weighted by molar-refractivity contribution is 7.97. The molecule has 1 aromatic rings. The van der Waals surface area contributed by atoms with Gasteiger partial charge in [0.25, 0.3) is 0 Å². The smallest absolute Gasteiger partial charge is 0.125 e. The van der Waals surface area contributed by atoms with Crippen molar-refractivity contribution in [1.29, 1.82) is 0 Å². The fraction of sp³-hybridized carbons (Fsp3) is 0.333. The number of hydrogen-bond donors (Lipinski definition) is 1. The van der Waals surface area contributed by atoms with Gasteiger partial charge in [-0.3, -0.25) is 10.3 Å². The molecular formula is C9H12FNOS. The lowest BCUT2D eigenvalue weighted by molar-refractivity contribution is 0.271. The molecule has 0 atom stereocenters. The van der Waals surface area contributed by atoms with Gasteiger partial charge in [0.05, 0.1) is 12.8 Å². The van der Waals surface area contributed by atoms with E-state index in [0.29, 0.717) is 5.69 Å². The Hall–Kier alpha value is -0.740. The van der Waals surface area contributed by atoms with Crippen LogP contribution in [0.4, 0.5) is 10.1 Å². The van der Waals surface area contributed by atoms with Gasteiger partial charge in [-0.15, -0.1) is 0 Å². The van der Waals surface area contributed by atoms with Crippen LogP contribution in [0.15, 0.2) is 18.2 Å². The summed E-state index contributed by atoms with van der Waals surface area (Å²) in [6.07, 6.45) is 1.98. The molecular weight excluding hydrogens is 189 g/mol. The third-order valence-electron chi connectivity index (χ3n) is 1.49. The zero-order valence-corrected chi connectivity index (χ0v) is 8.45. The molecule has 0 heterocycles. The van der Waals surface area contributed by atoms with Crippen LogP contribution in [0.3, 0.4) is 0 Å². The van der Waals surface area contributed by atoms with Crippen LogP contribution < -0.4 is 5.48 Å². The summed E-state index contributed by atoms with van der Waals surface area (Å²) in [6, 6.07) is 4.79. The molecule has 1 rings (SSSR count). The number of nitrogens with one attached hydrogen (secondary N) is 1. The van der Waals surface area contributed by atoms with Crippen LogP contribution in [0.1, 0.15) is 5.56 Å². The van der Waals surface area contributed by atoms with Crippen molar-refractivity contribution in [3.63, 3.8) is 0 Å². The highest BCUT2D eigenvalue weighted by Gasteiger charge is 1.99. The second-order valence-corrected chi connectivity index (χ2v) is 3.45. The van der Waals surface area contributed by atoms with Gasteiger partial charge >= 0.3 is 0 Å². The first-order valence-electron chi connectivity index (χ1n) is 3.83. The second kappa shape index (κ2) is 5.09. The largest absolute Gasteiger partial charge is 0.279 e. The Labute approximate surface area is 81.4 Å². The first kappa shape index (κ1) is 10.3. The van der Waals surface area contributed by atoms with Crippen molar-refractivity contribution in [1.82, 2.24) is 0 Å². The molecule has 0 spiro atoms. The molecule has 72 valence electrons. The van der Waals surface area contributed by atoms with Gasteiger partial charge in [0.2, 0.25) is 0 Å². The number of halogens is 1. The average Bonchev–Trinajstić information content (AvgIpc) is 2.04. The van der Waals surface area contributed by atoms with Crippen molar-refractivity contribution < 1.29 is 9.23 Å². The van der Waals surface area contributed by atoms with E-state index in [-0.39, 0.29) is 5.82 Å². The van der Waals surface area contributed by atoms with Gasteiger partial charge in [-0.1, -0.05) is 0 Å². The fourth-order valence-electron chi connectivity index (χ4n) is 1.08. The van der Waals surface area contributed by atoms with E-state index in [2.05, 4.69) is 5.48 Å². The monoisotopic (exact) mass is 201 g/mol. The zero-order valence-electron chi connectivity index (χ0n) is 7.63. The number of benzene rings is 1. The maximum absolute atomic E-state index is 13.0. The Morgan fingerprint density at radius 3 is 2.85 bits per heavy atom. The molecule has 0 fully saturated rings. The third kappa shape index (κ3) is 3.24. The third-order valence-corrected chi connectivity index (χ3v) is 2.11. The van der Waals surface area contributed by atoms with Gasteiger partial charge < -0.3 is 0 Å². The molecule has 0 saturated heterocycles. The van der Waals surface area contributed by atoms with Crippen molar-refractivity contribution >= 4 is 17.4 Å². The topological polar surface area (TPSA) is 21.3 Å². The molecule has 0 saturated carbocycles. The van der Waals surface area contributed by atoms with E-state index in [1.165, 1.54) is 19.2 Å². The van der Waals surface area contributed by atoms with Crippen LogP contribution >= 0.6 is 11.8 Å². The average molecular weight is 201 g/mol. The summed E-state index contributed by atoms with van der Waals surface area (Å²) in [5.74, 6) is 0.557. The van der Waals surface area contributed by atoms with Crippen molar-refractivity contribution in [2.24, 2.45) is 0 Å². The molecule has 13 heavy (non-hydrogen) atoms. The van der Waals surface area contributed by atoms with Crippen LogP contribution in [-0.4, -0.2) is 13.4 Å². The van der Waals surface area contributed by atoms with Crippen LogP contribution in [0, 0.1) is 5.82 Å². The van der Waals surface area contributed by atoms with E-state index < -0.39 is 0 Å². The van der Waals surface area contributed by atoms with Gasteiger partial charge in [-0.05, 0) is 30.0 Å². The van der Waals surface area contributed by atoms with Crippen LogP contribution in [0.5, 0.6) is 0 Å². The van der Waals surface area contributed by atoms with Crippen molar-refractivity contribution in [3.8, 4) is 0 Å². The molecule has 0 aliphatic carbocycles. The normalized spacial score (nSPS) is 10.1. The lowest BCUT2D eigenvalue weighted by Crippen LogP contribution is -1.97. The molecule has 0 amide bonds. The van der Waals surface area contributed by atoms with Crippen molar-refractivity contribution in [2.45, 2.75) is 5.75 Å². The summed E-state index contributed by atoms with van der Waals surface area (Å²) in [5, 5.41) is 0. The highest BCUT2D eigenvalue weighted by atomic mass is 32.2. The number of rotatable bonds is 4. The van der Waals surface area contributed by atoms with E-state index in [1.807, 2.05) is 12.3 Å². The van der Waals surface area contributed by atoms with Crippen LogP contribution in [0.2, 0.25) is 0 Å². The van der Waals surface area contributed by atoms with Crippen molar-refractivity contribution in [3.05, 3.63) is 29.6 Å². The second-order valence-electron chi connectivity index (χ2n) is 2.59. The number of thioether (sulfide) groups is 1. The van der Waals surface area contributed by atoms with E-state index >= 15 is 0 Å². The molecule has 1 N–H and O–H groups in total. The van der Waals surface area contributed by atoms with Crippen molar-refractivity contribution in [2.75, 3.05) is 18.8 Å². The van der Waals surface area contributed by atoms with Gasteiger partial charge in [-0.2, -0.15) is 11.8 Å². The zero-order chi connectivity index (χ0) is 9.68. The standard InChI is InChI=1S/C9H12FNOS/c1-12-11-9-4-7(6-13-2)3-8(10)5-9/h3-5,11H,6H2,1-2H3. The Bertz CT molecular complexity index is 256. The Morgan fingerprint density at radius 1 is 1.46 bits per heavy atom. The Morgan fingerprint density at radius 2 is 2.23 bits per heavy atom. The molecule has 1 aromatic carbocycles. The first-order valence-corrected chi connectivity index (χ1v) is 5.23. The molecule has 0 radical (unpaired) electrons. The minimum Gasteiger partial charge on any atom is -0.279 e. The van der Waals surface area contributed by atoms with Gasteiger partial charge in [0.15, 0.2) is 0 Å². The van der Waals surface area contributed by atoms with Crippen LogP contribution in [-0.2, 0) is 10.6 Å². The van der Waals surface area contributed by atoms with E-state index in [0.717, 1.165) is 11.3 Å². The summed E-state index contributed by atoms with van der Waals surface area (Å²) in [6.45, 7) is 0. The summed E-state index contributed by atoms with van der Waals surface area (Å²) in [4.78, 5) is 4.69. The molecule has 0 aliphatic heterocycles. The van der Waals surface area contributed by atoms with Crippen LogP contribution in [0.25, 0.3) is 0 Å². The van der Waals surface area contributed by atoms with Gasteiger partial charge in [0, 0.05) is 5.75 Å². The van der Waals surface area contributed by atoms with Gasteiger partial charge in [-0.25, -0.2) is 4.39 Å². The maximum Gasteiger partial charge on any atom is 0.125 e. The summed E-state index contributed by atoms with van der Waals surface area (Å²) < 4.78 is 13.0. The predicted octanol–water partition coefficient (Wildman–Crippen LogP) is 2.66. The first-order chi connectivity index (χ1) is 6.26. The minimum atomic E-state index is -0.244. The Kier molecular flexibility index (Phi) is 4.05. The predicted molar refractivity (Wildman–Crippen MR) is 54.3 cm³/mol. The molecule has 4 heteroatoms. The number of anilines is 1. The quantitative estimate of drug-likeness (QED) is 0.757. The molecule has 0 aliphatic rings. The van der Waals surface area contributed by atoms with E-state index in [9.17, 15) is 4.39 Å². The molecule has 0 aromatic heterocycles. The van der Waals surface area contributed by atoms with Gasteiger partial charge in [0.1, 0.15) is 5.82 Å².